The molecule has 3 aromatic rings. The Kier molecular flexibility index (Phi) is 6.66. The lowest BCUT2D eigenvalue weighted by atomic mass is 10.0. The lowest BCUT2D eigenvalue weighted by molar-refractivity contribution is -0.122. The molecule has 32 heavy (non-hydrogen) atoms. The summed E-state index contributed by atoms with van der Waals surface area (Å²) in [6.07, 6.45) is 2.14. The Bertz CT molecular complexity index is 1180. The van der Waals surface area contributed by atoms with Gasteiger partial charge in [-0.25, -0.2) is 0 Å². The zero-order valence-electron chi connectivity index (χ0n) is 18.0. The number of hydrogen-bond acceptors (Lipinski definition) is 5. The molecular weight excluding hydrogens is 420 g/mol. The predicted molar refractivity (Wildman–Crippen MR) is 127 cm³/mol. The number of carbonyl (C=O) groups excluding carboxylic acids is 1. The number of benzene rings is 2. The van der Waals surface area contributed by atoms with Gasteiger partial charge in [0.05, 0.1) is 11.6 Å². The zero-order chi connectivity index (χ0) is 22.5. The minimum Gasteiger partial charge on any atom is -0.371 e. The van der Waals surface area contributed by atoms with Crippen LogP contribution in [0.2, 0.25) is 0 Å². The number of nitrogens with zero attached hydrogens (tertiary/aromatic N) is 4. The Balaban J connectivity index is 1.30. The second-order valence-corrected chi connectivity index (χ2v) is 8.50. The highest BCUT2D eigenvalue weighted by atomic mass is 32.1. The van der Waals surface area contributed by atoms with Crippen molar-refractivity contribution in [2.75, 3.05) is 18.0 Å². The van der Waals surface area contributed by atoms with Gasteiger partial charge in [0.2, 0.25) is 5.91 Å². The van der Waals surface area contributed by atoms with Crippen LogP contribution in [0.5, 0.6) is 0 Å². The Hall–Kier alpha value is -3.44. The molecule has 0 atom stereocenters. The lowest BCUT2D eigenvalue weighted by Gasteiger charge is -2.34. The number of piperidine rings is 1. The van der Waals surface area contributed by atoms with Crippen molar-refractivity contribution in [1.82, 2.24) is 20.1 Å². The zero-order valence-corrected chi connectivity index (χ0v) is 18.9. The molecule has 8 heteroatoms. The number of H-pyrrole nitrogens is 1. The third kappa shape index (κ3) is 5.06. The Morgan fingerprint density at radius 3 is 2.69 bits per heavy atom. The average molecular weight is 447 g/mol. The van der Waals surface area contributed by atoms with E-state index in [4.69, 9.17) is 17.5 Å². The molecule has 0 unspecified atom stereocenters. The molecule has 1 saturated heterocycles. The molecule has 1 aliphatic heterocycles. The van der Waals surface area contributed by atoms with Crippen molar-refractivity contribution in [2.24, 2.45) is 0 Å². The molecule has 4 rings (SSSR count). The van der Waals surface area contributed by atoms with E-state index >= 15 is 0 Å². The van der Waals surface area contributed by atoms with Crippen LogP contribution in [0.3, 0.4) is 0 Å². The Morgan fingerprint density at radius 2 is 2.00 bits per heavy atom. The van der Waals surface area contributed by atoms with Crippen molar-refractivity contribution in [3.05, 3.63) is 64.4 Å². The van der Waals surface area contributed by atoms with E-state index in [-0.39, 0.29) is 11.9 Å². The van der Waals surface area contributed by atoms with E-state index in [1.807, 2.05) is 54.0 Å². The molecular formula is C24H26N6OS. The maximum atomic E-state index is 12.6. The second kappa shape index (κ2) is 9.79. The van der Waals surface area contributed by atoms with Crippen molar-refractivity contribution in [2.45, 2.75) is 38.8 Å². The lowest BCUT2D eigenvalue weighted by Crippen LogP contribution is -2.44. The minimum atomic E-state index is 0.0279. The fourth-order valence-electron chi connectivity index (χ4n) is 4.07. The molecule has 7 nitrogen and oxygen atoms in total. The first kappa shape index (κ1) is 21.8. The van der Waals surface area contributed by atoms with Gasteiger partial charge in [0, 0.05) is 43.3 Å². The SMILES string of the molecule is Cc1cccc(-c2n[nH]c(=S)n2CCC(=O)NC2CCN(c3ccc(C#N)cc3)CC2)c1. The molecule has 1 amide bonds. The molecule has 0 spiro atoms. The van der Waals surface area contributed by atoms with Gasteiger partial charge in [-0.1, -0.05) is 23.8 Å². The molecule has 0 aliphatic carbocycles. The molecule has 2 heterocycles. The van der Waals surface area contributed by atoms with Gasteiger partial charge in [0.1, 0.15) is 0 Å². The summed E-state index contributed by atoms with van der Waals surface area (Å²) in [6, 6.07) is 18.1. The molecule has 0 saturated carbocycles. The average Bonchev–Trinajstić information content (AvgIpc) is 3.18. The fraction of sp³-hybridized carbons (Fsp3) is 0.333. The molecule has 164 valence electrons. The Morgan fingerprint density at radius 1 is 1.25 bits per heavy atom. The molecule has 2 aromatic carbocycles. The van der Waals surface area contributed by atoms with Crippen LogP contribution in [-0.2, 0) is 11.3 Å². The van der Waals surface area contributed by atoms with Gasteiger partial charge in [-0.05, 0) is 62.3 Å². The summed E-state index contributed by atoms with van der Waals surface area (Å²) in [5.41, 5.74) is 3.91. The highest BCUT2D eigenvalue weighted by Crippen LogP contribution is 2.21. The van der Waals surface area contributed by atoms with Crippen molar-refractivity contribution in [3.63, 3.8) is 0 Å². The molecule has 0 radical (unpaired) electrons. The minimum absolute atomic E-state index is 0.0279. The highest BCUT2D eigenvalue weighted by Gasteiger charge is 2.21. The van der Waals surface area contributed by atoms with Gasteiger partial charge in [-0.3, -0.25) is 14.5 Å². The molecule has 1 aliphatic rings. The third-order valence-electron chi connectivity index (χ3n) is 5.82. The Labute approximate surface area is 192 Å². The van der Waals surface area contributed by atoms with Gasteiger partial charge in [0.15, 0.2) is 10.6 Å². The van der Waals surface area contributed by atoms with E-state index in [1.54, 1.807) is 0 Å². The van der Waals surface area contributed by atoms with Gasteiger partial charge < -0.3 is 10.2 Å². The van der Waals surface area contributed by atoms with E-state index in [0.717, 1.165) is 48.6 Å². The van der Waals surface area contributed by atoms with E-state index in [9.17, 15) is 4.79 Å². The smallest absolute Gasteiger partial charge is 0.222 e. The topological polar surface area (TPSA) is 89.7 Å². The van der Waals surface area contributed by atoms with Crippen LogP contribution in [0.25, 0.3) is 11.4 Å². The number of nitrogens with one attached hydrogen (secondary N) is 2. The van der Waals surface area contributed by atoms with Gasteiger partial charge in [0.25, 0.3) is 0 Å². The largest absolute Gasteiger partial charge is 0.371 e. The fourth-order valence-corrected chi connectivity index (χ4v) is 4.30. The van der Waals surface area contributed by atoms with E-state index < -0.39 is 0 Å². The third-order valence-corrected chi connectivity index (χ3v) is 6.13. The first-order valence-electron chi connectivity index (χ1n) is 10.8. The first-order chi connectivity index (χ1) is 15.5. The molecule has 0 bridgehead atoms. The number of amides is 1. The number of carbonyl (C=O) groups is 1. The van der Waals surface area contributed by atoms with Crippen LogP contribution in [0, 0.1) is 23.0 Å². The summed E-state index contributed by atoms with van der Waals surface area (Å²) in [4.78, 5) is 14.9. The number of aromatic nitrogens is 3. The van der Waals surface area contributed by atoms with Crippen LogP contribution in [0.1, 0.15) is 30.4 Å². The maximum Gasteiger partial charge on any atom is 0.222 e. The van der Waals surface area contributed by atoms with Crippen molar-refractivity contribution < 1.29 is 4.79 Å². The van der Waals surface area contributed by atoms with Crippen molar-refractivity contribution >= 4 is 23.8 Å². The number of hydrogen-bond donors (Lipinski definition) is 2. The summed E-state index contributed by atoms with van der Waals surface area (Å²) >= 11 is 5.38. The number of nitriles is 1. The highest BCUT2D eigenvalue weighted by molar-refractivity contribution is 7.71. The first-order valence-corrected chi connectivity index (χ1v) is 11.2. The van der Waals surface area contributed by atoms with Gasteiger partial charge in [-0.2, -0.15) is 10.4 Å². The number of anilines is 1. The van der Waals surface area contributed by atoms with Crippen LogP contribution < -0.4 is 10.2 Å². The summed E-state index contributed by atoms with van der Waals surface area (Å²) in [7, 11) is 0. The molecule has 1 fully saturated rings. The monoisotopic (exact) mass is 446 g/mol. The van der Waals surface area contributed by atoms with E-state index in [1.165, 1.54) is 0 Å². The quantitative estimate of drug-likeness (QED) is 0.560. The van der Waals surface area contributed by atoms with Crippen molar-refractivity contribution in [3.8, 4) is 17.5 Å². The van der Waals surface area contributed by atoms with Crippen molar-refractivity contribution in [1.29, 1.82) is 5.26 Å². The number of aromatic amines is 1. The summed E-state index contributed by atoms with van der Waals surface area (Å²) in [5.74, 6) is 0.780. The van der Waals surface area contributed by atoms with Crippen LogP contribution >= 0.6 is 12.2 Å². The summed E-state index contributed by atoms with van der Waals surface area (Å²) in [5, 5.41) is 19.3. The number of aryl methyl sites for hydroxylation is 1. The van der Waals surface area contributed by atoms with E-state index in [0.29, 0.717) is 23.3 Å². The van der Waals surface area contributed by atoms with Gasteiger partial charge >= 0.3 is 0 Å². The van der Waals surface area contributed by atoms with Gasteiger partial charge in [-0.15, -0.1) is 0 Å². The molecule has 1 aromatic heterocycles. The van der Waals surface area contributed by atoms with Crippen LogP contribution in [0.15, 0.2) is 48.5 Å². The standard InChI is InChI=1S/C24H26N6OS/c1-17-3-2-4-19(15-17)23-27-28-24(32)30(23)14-11-22(31)26-20-9-12-29(13-10-20)21-7-5-18(16-25)6-8-21/h2-8,15,20H,9-14H2,1H3,(H,26,31)(H,28,32). The summed E-state index contributed by atoms with van der Waals surface area (Å²) in [6.45, 7) is 4.27. The second-order valence-electron chi connectivity index (χ2n) is 8.11. The number of rotatable bonds is 6. The van der Waals surface area contributed by atoms with Crippen LogP contribution in [-0.4, -0.2) is 39.8 Å². The molecule has 2 N–H and O–H groups in total. The predicted octanol–water partition coefficient (Wildman–Crippen LogP) is 3.96. The van der Waals surface area contributed by atoms with Crippen LogP contribution in [0.4, 0.5) is 5.69 Å². The maximum absolute atomic E-state index is 12.6. The summed E-state index contributed by atoms with van der Waals surface area (Å²) < 4.78 is 2.40. The van der Waals surface area contributed by atoms with E-state index in [2.05, 4.69) is 32.5 Å². The normalized spacial score (nSPS) is 14.2.